The van der Waals surface area contributed by atoms with Crippen LogP contribution >= 0.6 is 15.9 Å². The molecule has 0 aliphatic heterocycles. The van der Waals surface area contributed by atoms with Crippen LogP contribution in [0.4, 0.5) is 20.3 Å². The summed E-state index contributed by atoms with van der Waals surface area (Å²) in [6.07, 6.45) is 2.85. The zero-order chi connectivity index (χ0) is 24.9. The van der Waals surface area contributed by atoms with Gasteiger partial charge in [-0.2, -0.15) is 0 Å². The molecule has 0 fully saturated rings. The number of halogens is 3. The second-order valence-electron chi connectivity index (χ2n) is 7.84. The van der Waals surface area contributed by atoms with E-state index in [1.807, 2.05) is 0 Å². The van der Waals surface area contributed by atoms with E-state index in [1.54, 1.807) is 30.5 Å². The van der Waals surface area contributed by atoms with Gasteiger partial charge in [-0.05, 0) is 65.7 Å². The first-order valence-electron chi connectivity index (χ1n) is 10.4. The number of fused-ring (bicyclic) bond motifs is 1. The van der Waals surface area contributed by atoms with Crippen LogP contribution in [0.1, 0.15) is 11.3 Å². The molecule has 0 saturated heterocycles. The second-order valence-corrected chi connectivity index (χ2v) is 8.63. The van der Waals surface area contributed by atoms with E-state index >= 15 is 4.39 Å². The summed E-state index contributed by atoms with van der Waals surface area (Å²) in [5, 5.41) is 0. The van der Waals surface area contributed by atoms with Gasteiger partial charge in [0.15, 0.2) is 17.4 Å². The smallest absolute Gasteiger partial charge is 0.322 e. The van der Waals surface area contributed by atoms with E-state index in [9.17, 15) is 4.39 Å². The Bertz CT molecular complexity index is 1620. The number of aryl methyl sites for hydroxylation is 2. The van der Waals surface area contributed by atoms with Crippen LogP contribution in [0.25, 0.3) is 28.0 Å². The van der Waals surface area contributed by atoms with Gasteiger partial charge < -0.3 is 20.8 Å². The van der Waals surface area contributed by atoms with E-state index < -0.39 is 11.6 Å². The molecular weight excluding hydrogens is 520 g/mol. The van der Waals surface area contributed by atoms with Crippen LogP contribution in [0, 0.1) is 25.5 Å². The minimum Gasteiger partial charge on any atom is -0.421 e. The van der Waals surface area contributed by atoms with Crippen molar-refractivity contribution >= 4 is 38.5 Å². The minimum atomic E-state index is -0.660. The zero-order valence-electron chi connectivity index (χ0n) is 18.6. The van der Waals surface area contributed by atoms with Crippen LogP contribution in [-0.4, -0.2) is 24.5 Å². The van der Waals surface area contributed by atoms with Gasteiger partial charge in [0.2, 0.25) is 0 Å². The van der Waals surface area contributed by atoms with Gasteiger partial charge in [-0.1, -0.05) is 0 Å². The molecule has 0 radical (unpaired) electrons. The van der Waals surface area contributed by atoms with Gasteiger partial charge in [-0.3, -0.25) is 0 Å². The fourth-order valence-corrected chi connectivity index (χ4v) is 4.52. The number of hydrogen-bond donors (Lipinski definition) is 2. The van der Waals surface area contributed by atoms with E-state index in [0.717, 1.165) is 0 Å². The van der Waals surface area contributed by atoms with Crippen molar-refractivity contribution in [3.8, 4) is 28.7 Å². The predicted octanol–water partition coefficient (Wildman–Crippen LogP) is 5.49. The maximum absolute atomic E-state index is 15.2. The lowest BCUT2D eigenvalue weighted by molar-refractivity contribution is 0.410. The van der Waals surface area contributed by atoms with Gasteiger partial charge in [0.25, 0.3) is 0 Å². The molecule has 0 saturated carbocycles. The average molecular weight is 538 g/mol. The van der Waals surface area contributed by atoms with Crippen molar-refractivity contribution in [1.29, 1.82) is 0 Å². The number of nitrogens with zero attached hydrogens (tertiary/aromatic N) is 5. The summed E-state index contributed by atoms with van der Waals surface area (Å²) in [5.74, 6) is -1.13. The summed E-state index contributed by atoms with van der Waals surface area (Å²) in [7, 11) is 0. The molecule has 0 bridgehead atoms. The zero-order valence-corrected chi connectivity index (χ0v) is 20.1. The lowest BCUT2D eigenvalue weighted by Gasteiger charge is -2.15. The van der Waals surface area contributed by atoms with E-state index in [4.69, 9.17) is 16.2 Å². The second kappa shape index (κ2) is 8.58. The number of benzene rings is 2. The highest BCUT2D eigenvalue weighted by atomic mass is 79.9. The highest BCUT2D eigenvalue weighted by Gasteiger charge is 2.24. The monoisotopic (exact) mass is 537 g/mol. The molecule has 2 aromatic carbocycles. The molecule has 0 unspecified atom stereocenters. The normalized spacial score (nSPS) is 11.2. The van der Waals surface area contributed by atoms with Crippen molar-refractivity contribution in [2.24, 2.45) is 0 Å². The molecule has 5 rings (SSSR count). The third kappa shape index (κ3) is 3.93. The maximum Gasteiger partial charge on any atom is 0.322 e. The summed E-state index contributed by atoms with van der Waals surface area (Å²) in [6, 6.07) is 8.96. The Kier molecular flexibility index (Phi) is 5.56. The van der Waals surface area contributed by atoms with E-state index in [-0.39, 0.29) is 23.3 Å². The summed E-state index contributed by atoms with van der Waals surface area (Å²) >= 11 is 3.58. The van der Waals surface area contributed by atoms with Gasteiger partial charge in [-0.15, -0.1) is 0 Å². The van der Waals surface area contributed by atoms with Crippen LogP contribution in [-0.2, 0) is 0 Å². The van der Waals surface area contributed by atoms with Crippen molar-refractivity contribution in [1.82, 2.24) is 24.5 Å². The minimum absolute atomic E-state index is 0.0234. The van der Waals surface area contributed by atoms with Crippen LogP contribution in [0.3, 0.4) is 0 Å². The number of nitrogens with two attached hydrogens (primary N) is 2. The lowest BCUT2D eigenvalue weighted by atomic mass is 10.0. The SMILES string of the molecule is Cc1ccnc(Oc2ccc(-n3c(-c4cc(F)c(N)cc4C)c(Br)c4ncnc(N)c43)cc2F)n1. The molecule has 0 atom stereocenters. The summed E-state index contributed by atoms with van der Waals surface area (Å²) in [6.45, 7) is 3.58. The molecule has 3 aromatic heterocycles. The third-order valence-electron chi connectivity index (χ3n) is 5.46. The molecule has 0 amide bonds. The highest BCUT2D eigenvalue weighted by molar-refractivity contribution is 9.10. The number of hydrogen-bond acceptors (Lipinski definition) is 7. The Morgan fingerprint density at radius 2 is 1.77 bits per heavy atom. The molecule has 11 heteroatoms. The molecule has 0 spiro atoms. The topological polar surface area (TPSA) is 118 Å². The number of ether oxygens (including phenoxy) is 1. The quantitative estimate of drug-likeness (QED) is 0.291. The number of aromatic nitrogens is 5. The first-order chi connectivity index (χ1) is 16.7. The first kappa shape index (κ1) is 22.7. The van der Waals surface area contributed by atoms with Crippen LogP contribution in [0.5, 0.6) is 11.8 Å². The molecule has 0 aliphatic carbocycles. The number of rotatable bonds is 4. The molecule has 0 aliphatic rings. The maximum atomic E-state index is 15.2. The van der Waals surface area contributed by atoms with E-state index in [0.29, 0.717) is 43.7 Å². The highest BCUT2D eigenvalue weighted by Crippen LogP contribution is 2.42. The van der Waals surface area contributed by atoms with Crippen LogP contribution < -0.4 is 16.2 Å². The Morgan fingerprint density at radius 3 is 2.51 bits per heavy atom. The molecule has 35 heavy (non-hydrogen) atoms. The molecule has 5 aromatic rings. The largest absolute Gasteiger partial charge is 0.421 e. The molecule has 176 valence electrons. The Balaban J connectivity index is 1.73. The Morgan fingerprint density at radius 1 is 0.971 bits per heavy atom. The molecular formula is C24H18BrF2N7O. The van der Waals surface area contributed by atoms with Gasteiger partial charge >= 0.3 is 6.01 Å². The fraction of sp³-hybridized carbons (Fsp3) is 0.0833. The van der Waals surface area contributed by atoms with Crippen molar-refractivity contribution in [3.63, 3.8) is 0 Å². The van der Waals surface area contributed by atoms with Gasteiger partial charge in [0.05, 0.1) is 15.9 Å². The predicted molar refractivity (Wildman–Crippen MR) is 132 cm³/mol. The van der Waals surface area contributed by atoms with E-state index in [2.05, 4.69) is 35.9 Å². The summed E-state index contributed by atoms with van der Waals surface area (Å²) in [4.78, 5) is 16.6. The molecule has 8 nitrogen and oxygen atoms in total. The molecule has 3 heterocycles. The lowest BCUT2D eigenvalue weighted by Crippen LogP contribution is -2.04. The van der Waals surface area contributed by atoms with E-state index in [1.165, 1.54) is 36.8 Å². The van der Waals surface area contributed by atoms with Gasteiger partial charge in [0.1, 0.15) is 23.2 Å². The Labute approximate surface area is 206 Å². The summed E-state index contributed by atoms with van der Waals surface area (Å²) < 4.78 is 37.5. The number of anilines is 2. The summed E-state index contributed by atoms with van der Waals surface area (Å²) in [5.41, 5.74) is 15.7. The van der Waals surface area contributed by atoms with Crippen LogP contribution in [0.2, 0.25) is 0 Å². The van der Waals surface area contributed by atoms with Gasteiger partial charge in [-0.25, -0.2) is 28.7 Å². The van der Waals surface area contributed by atoms with Gasteiger partial charge in [0, 0.05) is 29.2 Å². The number of nitrogen functional groups attached to an aromatic ring is 2. The fourth-order valence-electron chi connectivity index (χ4n) is 3.84. The van der Waals surface area contributed by atoms with Crippen molar-refractivity contribution in [2.75, 3.05) is 11.5 Å². The van der Waals surface area contributed by atoms with Crippen molar-refractivity contribution < 1.29 is 13.5 Å². The van der Waals surface area contributed by atoms with Crippen LogP contribution in [0.15, 0.2) is 53.4 Å². The van der Waals surface area contributed by atoms with Crippen molar-refractivity contribution in [2.45, 2.75) is 13.8 Å². The molecule has 4 N–H and O–H groups in total. The average Bonchev–Trinajstić information content (AvgIpc) is 3.11. The van der Waals surface area contributed by atoms with Crippen molar-refractivity contribution in [3.05, 3.63) is 76.3 Å². The standard InChI is InChI=1S/C24H18BrF2N7O/c1-11-7-17(28)15(26)9-14(11)21-19(25)20-22(23(29)32-10-31-20)34(21)13-3-4-18(16(27)8-13)35-24-30-6-5-12(2)33-24/h3-10H,28H2,1-2H3,(H2,29,31,32). The third-order valence-corrected chi connectivity index (χ3v) is 6.21. The first-order valence-corrected chi connectivity index (χ1v) is 11.2. The Hall–Kier alpha value is -4.12.